The van der Waals surface area contributed by atoms with E-state index in [1.165, 1.54) is 11.9 Å². The van der Waals surface area contributed by atoms with Crippen molar-refractivity contribution in [1.29, 1.82) is 0 Å². The second-order valence-electron chi connectivity index (χ2n) is 4.90. The summed E-state index contributed by atoms with van der Waals surface area (Å²) < 4.78 is 49.4. The van der Waals surface area contributed by atoms with Crippen LogP contribution < -0.4 is 0 Å². The smallest absolute Gasteiger partial charge is 0.262 e. The number of halogens is 3. The summed E-state index contributed by atoms with van der Waals surface area (Å²) in [5.74, 6) is -3.23. The van der Waals surface area contributed by atoms with E-state index in [-0.39, 0.29) is 5.92 Å². The van der Waals surface area contributed by atoms with E-state index < -0.39 is 37.1 Å². The fourth-order valence-corrected chi connectivity index (χ4v) is 2.82. The maximum absolute atomic E-state index is 13.3. The van der Waals surface area contributed by atoms with E-state index in [1.54, 1.807) is 0 Å². The van der Waals surface area contributed by atoms with Crippen LogP contribution in [-0.4, -0.2) is 32.8 Å². The molecule has 0 radical (unpaired) electrons. The Hall–Kier alpha value is -1.21. The van der Waals surface area contributed by atoms with Gasteiger partial charge in [-0.1, -0.05) is 20.3 Å². The van der Waals surface area contributed by atoms with E-state index >= 15 is 0 Å². The Morgan fingerprint density at radius 3 is 2.33 bits per heavy atom. The molecule has 0 aromatic heterocycles. The van der Waals surface area contributed by atoms with Gasteiger partial charge in [0.15, 0.2) is 11.6 Å². The summed E-state index contributed by atoms with van der Waals surface area (Å²) in [6.45, 7) is 4.21. The molecule has 4 nitrogen and oxygen atoms in total. The molecule has 0 aliphatic heterocycles. The van der Waals surface area contributed by atoms with Crippen LogP contribution in [0.3, 0.4) is 0 Å². The number of rotatable bonds is 5. The van der Waals surface area contributed by atoms with Crippen LogP contribution >= 0.6 is 10.7 Å². The second kappa shape index (κ2) is 6.70. The molecule has 0 saturated heterocycles. The van der Waals surface area contributed by atoms with Crippen molar-refractivity contribution in [3.05, 3.63) is 29.3 Å². The Bertz CT molecular complexity index is 649. The van der Waals surface area contributed by atoms with Gasteiger partial charge in [0.25, 0.3) is 15.0 Å². The first-order valence-electron chi connectivity index (χ1n) is 6.27. The summed E-state index contributed by atoms with van der Waals surface area (Å²) in [5, 5.41) is 0. The summed E-state index contributed by atoms with van der Waals surface area (Å²) in [4.78, 5) is 12.8. The molecule has 0 N–H and O–H groups in total. The lowest BCUT2D eigenvalue weighted by Gasteiger charge is -2.21. The van der Waals surface area contributed by atoms with Crippen molar-refractivity contribution in [2.24, 2.45) is 5.92 Å². The third kappa shape index (κ3) is 4.38. The Morgan fingerprint density at radius 1 is 1.33 bits per heavy atom. The molecule has 0 aliphatic rings. The largest absolute Gasteiger partial charge is 0.341 e. The van der Waals surface area contributed by atoms with Crippen molar-refractivity contribution in [2.75, 3.05) is 13.6 Å². The molecule has 0 heterocycles. The Kier molecular flexibility index (Phi) is 5.69. The molecule has 8 heteroatoms. The molecule has 1 rings (SSSR count). The SMILES string of the molecule is CCC(C)CN(C)C(=O)c1cc(F)c(F)cc1S(=O)(=O)Cl. The van der Waals surface area contributed by atoms with Crippen molar-refractivity contribution in [1.82, 2.24) is 4.90 Å². The maximum Gasteiger partial charge on any atom is 0.262 e. The predicted octanol–water partition coefficient (Wildman–Crippen LogP) is 3.01. The van der Waals surface area contributed by atoms with Gasteiger partial charge < -0.3 is 4.90 Å². The quantitative estimate of drug-likeness (QED) is 0.775. The number of nitrogens with zero attached hydrogens (tertiary/aromatic N) is 1. The van der Waals surface area contributed by atoms with E-state index in [1.807, 2.05) is 13.8 Å². The van der Waals surface area contributed by atoms with Crippen LogP contribution in [0.2, 0.25) is 0 Å². The van der Waals surface area contributed by atoms with Crippen molar-refractivity contribution >= 4 is 25.6 Å². The zero-order chi connectivity index (χ0) is 16.4. The van der Waals surface area contributed by atoms with Crippen LogP contribution in [0.4, 0.5) is 8.78 Å². The third-order valence-electron chi connectivity index (χ3n) is 3.14. The zero-order valence-corrected chi connectivity index (χ0v) is 13.4. The Balaban J connectivity index is 3.29. The van der Waals surface area contributed by atoms with Gasteiger partial charge in [-0.05, 0) is 18.1 Å². The Morgan fingerprint density at radius 2 is 1.86 bits per heavy atom. The average Bonchev–Trinajstić information content (AvgIpc) is 2.39. The molecule has 0 fully saturated rings. The van der Waals surface area contributed by atoms with Gasteiger partial charge in [-0.15, -0.1) is 0 Å². The fraction of sp³-hybridized carbons (Fsp3) is 0.462. The molecule has 21 heavy (non-hydrogen) atoms. The summed E-state index contributed by atoms with van der Waals surface area (Å²) in [5.41, 5.74) is -0.477. The first kappa shape index (κ1) is 17.8. The molecule has 0 saturated carbocycles. The molecular formula is C13H16ClF2NO3S. The van der Waals surface area contributed by atoms with Gasteiger partial charge in [0, 0.05) is 24.3 Å². The normalized spacial score (nSPS) is 13.0. The monoisotopic (exact) mass is 339 g/mol. The van der Waals surface area contributed by atoms with Gasteiger partial charge in [-0.2, -0.15) is 0 Å². The minimum Gasteiger partial charge on any atom is -0.341 e. The molecule has 1 amide bonds. The molecule has 1 unspecified atom stereocenters. The van der Waals surface area contributed by atoms with Crippen LogP contribution in [0.5, 0.6) is 0 Å². The summed E-state index contributed by atoms with van der Waals surface area (Å²) in [6.07, 6.45) is 0.816. The fourth-order valence-electron chi connectivity index (χ4n) is 1.78. The van der Waals surface area contributed by atoms with Crippen LogP contribution in [0.15, 0.2) is 17.0 Å². The van der Waals surface area contributed by atoms with E-state index in [9.17, 15) is 22.0 Å². The lowest BCUT2D eigenvalue weighted by atomic mass is 10.1. The van der Waals surface area contributed by atoms with Crippen LogP contribution in [0.25, 0.3) is 0 Å². The number of hydrogen-bond donors (Lipinski definition) is 0. The van der Waals surface area contributed by atoms with Gasteiger partial charge >= 0.3 is 0 Å². The van der Waals surface area contributed by atoms with Crippen LogP contribution in [0.1, 0.15) is 30.6 Å². The number of carbonyl (C=O) groups is 1. The molecule has 1 aromatic carbocycles. The highest BCUT2D eigenvalue weighted by Crippen LogP contribution is 2.24. The first-order valence-corrected chi connectivity index (χ1v) is 8.58. The van der Waals surface area contributed by atoms with E-state index in [0.29, 0.717) is 18.7 Å². The second-order valence-corrected chi connectivity index (χ2v) is 7.43. The van der Waals surface area contributed by atoms with Crippen molar-refractivity contribution in [3.8, 4) is 0 Å². The molecule has 0 aliphatic carbocycles. The van der Waals surface area contributed by atoms with E-state index in [0.717, 1.165) is 6.42 Å². The molecule has 1 aromatic rings. The van der Waals surface area contributed by atoms with Crippen LogP contribution in [-0.2, 0) is 9.05 Å². The lowest BCUT2D eigenvalue weighted by molar-refractivity contribution is 0.0770. The van der Waals surface area contributed by atoms with E-state index in [4.69, 9.17) is 10.7 Å². The van der Waals surface area contributed by atoms with Gasteiger partial charge in [0.05, 0.1) is 10.5 Å². The highest BCUT2D eigenvalue weighted by Gasteiger charge is 2.26. The highest BCUT2D eigenvalue weighted by atomic mass is 35.7. The number of hydrogen-bond acceptors (Lipinski definition) is 3. The lowest BCUT2D eigenvalue weighted by Crippen LogP contribution is -2.31. The minimum absolute atomic E-state index is 0.181. The molecule has 1 atom stereocenters. The van der Waals surface area contributed by atoms with Gasteiger partial charge in [0.1, 0.15) is 0 Å². The summed E-state index contributed by atoms with van der Waals surface area (Å²) in [6, 6.07) is 0.974. The maximum atomic E-state index is 13.3. The number of benzene rings is 1. The van der Waals surface area contributed by atoms with Gasteiger partial charge in [0.2, 0.25) is 0 Å². The highest BCUT2D eigenvalue weighted by molar-refractivity contribution is 8.13. The van der Waals surface area contributed by atoms with Gasteiger partial charge in [-0.3, -0.25) is 4.79 Å². The summed E-state index contributed by atoms with van der Waals surface area (Å²) >= 11 is 0. The first-order chi connectivity index (χ1) is 9.57. The topological polar surface area (TPSA) is 54.5 Å². The van der Waals surface area contributed by atoms with Crippen LogP contribution in [0, 0.1) is 17.6 Å². The standard InChI is InChI=1S/C13H16ClF2NO3S/c1-4-8(2)7-17(3)13(18)9-5-10(15)11(16)6-12(9)21(14,19)20/h5-6,8H,4,7H2,1-3H3. The molecule has 0 spiro atoms. The number of carbonyl (C=O) groups excluding carboxylic acids is 1. The van der Waals surface area contributed by atoms with Crippen molar-refractivity contribution < 1.29 is 22.0 Å². The van der Waals surface area contributed by atoms with E-state index in [2.05, 4.69) is 0 Å². The van der Waals surface area contributed by atoms with Crippen molar-refractivity contribution in [3.63, 3.8) is 0 Å². The van der Waals surface area contributed by atoms with Gasteiger partial charge in [-0.25, -0.2) is 17.2 Å². The zero-order valence-electron chi connectivity index (χ0n) is 11.9. The molecule has 0 bridgehead atoms. The number of amides is 1. The summed E-state index contributed by atoms with van der Waals surface area (Å²) in [7, 11) is 2.27. The minimum atomic E-state index is -4.37. The average molecular weight is 340 g/mol. The molecular weight excluding hydrogens is 324 g/mol. The predicted molar refractivity (Wildman–Crippen MR) is 75.8 cm³/mol. The van der Waals surface area contributed by atoms with Crippen molar-refractivity contribution in [2.45, 2.75) is 25.2 Å². The molecule has 118 valence electrons. The third-order valence-corrected chi connectivity index (χ3v) is 4.51. The Labute approximate surface area is 127 Å².